The van der Waals surface area contributed by atoms with Crippen LogP contribution in [-0.2, 0) is 6.98 Å². The van der Waals surface area contributed by atoms with Crippen molar-refractivity contribution < 1.29 is 13.6 Å². The summed E-state index contributed by atoms with van der Waals surface area (Å²) in [5.41, 5.74) is 5.54. The molecule has 200 valence electrons. The number of rotatable bonds is 10. The van der Waals surface area contributed by atoms with Crippen LogP contribution in [0.3, 0.4) is 0 Å². The molecule has 4 aromatic rings. The molecule has 0 radical (unpaired) electrons. The molecule has 0 spiro atoms. The maximum atomic E-state index is 13.4. The van der Waals surface area contributed by atoms with Gasteiger partial charge in [0, 0.05) is 52.8 Å². The van der Waals surface area contributed by atoms with Crippen molar-refractivity contribution in [2.24, 2.45) is 6.98 Å². The number of hydrogen-bond acceptors (Lipinski definition) is 5. The Morgan fingerprint density at radius 3 is 2.37 bits per heavy atom. The molecule has 2 aromatic carbocycles. The van der Waals surface area contributed by atoms with Crippen LogP contribution in [0, 0.1) is 6.92 Å². The van der Waals surface area contributed by atoms with E-state index >= 15 is 0 Å². The van der Waals surface area contributed by atoms with Crippen molar-refractivity contribution in [3.63, 3.8) is 0 Å². The Bertz CT molecular complexity index is 1510. The van der Waals surface area contributed by atoms with Gasteiger partial charge in [-0.3, -0.25) is 14.2 Å². The maximum absolute atomic E-state index is 13.4. The van der Waals surface area contributed by atoms with Gasteiger partial charge in [0.15, 0.2) is 0 Å². The van der Waals surface area contributed by atoms with Crippen molar-refractivity contribution in [2.75, 3.05) is 27.2 Å². The van der Waals surface area contributed by atoms with Crippen molar-refractivity contribution in [3.05, 3.63) is 77.9 Å². The van der Waals surface area contributed by atoms with Gasteiger partial charge in [0.05, 0.1) is 18.4 Å². The van der Waals surface area contributed by atoms with Crippen LogP contribution < -0.4 is 10.1 Å². The number of aryl methyl sites for hydroxylation is 2. The minimum absolute atomic E-state index is 0.202. The number of carbonyl (C=O) groups excluding carboxylic acids is 1. The summed E-state index contributed by atoms with van der Waals surface area (Å²) in [6, 6.07) is 11.4. The average Bonchev–Trinajstić information content (AvgIpc) is 3.60. The molecular formula is C30H38N6O2. The highest BCUT2D eigenvalue weighted by molar-refractivity contribution is 5.96. The number of carbonyl (C=O) groups is 1. The van der Waals surface area contributed by atoms with Gasteiger partial charge in [0.1, 0.15) is 12.4 Å². The molecule has 0 aliphatic carbocycles. The largest absolute Gasteiger partial charge is 0.492 e. The number of ether oxygens (including phenoxy) is 1. The van der Waals surface area contributed by atoms with Crippen molar-refractivity contribution in [1.29, 1.82) is 0 Å². The first-order valence-corrected chi connectivity index (χ1v) is 12.8. The van der Waals surface area contributed by atoms with Gasteiger partial charge in [0.2, 0.25) is 0 Å². The molecule has 0 bridgehead atoms. The monoisotopic (exact) mass is 517 g/mol. The number of nitrogens with one attached hydrogen (secondary N) is 1. The lowest BCUT2D eigenvalue weighted by molar-refractivity contribution is 0.0938. The molecule has 4 rings (SSSR count). The second kappa shape index (κ2) is 11.6. The highest BCUT2D eigenvalue weighted by atomic mass is 16.5. The van der Waals surface area contributed by atoms with E-state index in [0.29, 0.717) is 23.5 Å². The Labute approximate surface area is 229 Å². The number of aromatic nitrogens is 4. The van der Waals surface area contributed by atoms with Crippen LogP contribution in [0.4, 0.5) is 0 Å². The smallest absolute Gasteiger partial charge is 0.252 e. The number of hydrogen-bond donors (Lipinski definition) is 1. The van der Waals surface area contributed by atoms with E-state index in [9.17, 15) is 4.79 Å². The van der Waals surface area contributed by atoms with Crippen LogP contribution in [0.2, 0.25) is 0 Å². The molecule has 1 N–H and O–H groups in total. The zero-order valence-electron chi connectivity index (χ0n) is 25.9. The van der Waals surface area contributed by atoms with Crippen molar-refractivity contribution in [3.8, 4) is 28.0 Å². The Morgan fingerprint density at radius 1 is 1.03 bits per heavy atom. The lowest BCUT2D eigenvalue weighted by Crippen LogP contribution is -2.27. The van der Waals surface area contributed by atoms with E-state index in [1.165, 1.54) is 6.20 Å². The predicted molar refractivity (Wildman–Crippen MR) is 151 cm³/mol. The van der Waals surface area contributed by atoms with E-state index < -0.39 is 6.98 Å². The van der Waals surface area contributed by atoms with Crippen molar-refractivity contribution >= 4 is 5.91 Å². The molecule has 0 saturated heterocycles. The third-order valence-electron chi connectivity index (χ3n) is 6.44. The lowest BCUT2D eigenvalue weighted by Gasteiger charge is -2.18. The molecule has 0 aliphatic rings. The van der Waals surface area contributed by atoms with Crippen LogP contribution in [0.15, 0.2) is 61.2 Å². The van der Waals surface area contributed by atoms with Crippen LogP contribution in [0.5, 0.6) is 5.75 Å². The van der Waals surface area contributed by atoms with Crippen molar-refractivity contribution in [2.45, 2.75) is 39.8 Å². The van der Waals surface area contributed by atoms with Gasteiger partial charge in [-0.05, 0) is 94.4 Å². The van der Waals surface area contributed by atoms with Crippen LogP contribution in [-0.4, -0.2) is 57.6 Å². The summed E-state index contributed by atoms with van der Waals surface area (Å²) in [6.45, 7) is 6.86. The fraction of sp³-hybridized carbons (Fsp3) is 0.367. The molecule has 0 saturated carbocycles. The van der Waals surface area contributed by atoms with Gasteiger partial charge in [-0.2, -0.15) is 10.2 Å². The standard InChI is InChI=1S/C30H38N6O2/c1-20(2)36-19-27(17-32-36)25-13-23(12-24(14-25)26-16-31-35(7)18-26)22(4)33-30(37)29-15-28(9-8-21(29)3)38-11-10-34(5)6/h8-9,12-20,22H,10-11H2,1-7H3,(H,33,37)/t22-/m1/s1/i7D3. The van der Waals surface area contributed by atoms with Gasteiger partial charge in [0.25, 0.3) is 5.91 Å². The lowest BCUT2D eigenvalue weighted by atomic mass is 9.96. The molecule has 1 atom stereocenters. The summed E-state index contributed by atoms with van der Waals surface area (Å²) in [6.07, 6.45) is 6.85. The van der Waals surface area contributed by atoms with Crippen LogP contribution >= 0.6 is 0 Å². The fourth-order valence-electron chi connectivity index (χ4n) is 4.12. The molecule has 8 heteroatoms. The number of likely N-dealkylation sites (N-methyl/N-ethyl adjacent to an activating group) is 1. The Balaban J connectivity index is 1.65. The van der Waals surface area contributed by atoms with Gasteiger partial charge >= 0.3 is 0 Å². The summed E-state index contributed by atoms with van der Waals surface area (Å²) in [7, 11) is 3.96. The summed E-state index contributed by atoms with van der Waals surface area (Å²) in [5.74, 6) is 0.441. The Morgan fingerprint density at radius 2 is 1.74 bits per heavy atom. The molecule has 38 heavy (non-hydrogen) atoms. The van der Waals surface area contributed by atoms with E-state index in [1.54, 1.807) is 12.3 Å². The van der Waals surface area contributed by atoms with E-state index in [2.05, 4.69) is 29.4 Å². The topological polar surface area (TPSA) is 77.2 Å². The fourth-order valence-corrected chi connectivity index (χ4v) is 4.12. The molecule has 0 aliphatic heterocycles. The maximum Gasteiger partial charge on any atom is 0.252 e. The molecule has 0 unspecified atom stereocenters. The molecule has 2 aromatic heterocycles. The summed E-state index contributed by atoms with van der Waals surface area (Å²) in [5, 5.41) is 11.7. The van der Waals surface area contributed by atoms with Crippen LogP contribution in [0.1, 0.15) is 58.5 Å². The zero-order valence-corrected chi connectivity index (χ0v) is 22.9. The third-order valence-corrected chi connectivity index (χ3v) is 6.44. The zero-order chi connectivity index (χ0) is 29.9. The highest BCUT2D eigenvalue weighted by Gasteiger charge is 2.17. The SMILES string of the molecule is [2H]C([2H])([2H])n1cc(-c2cc(-c3cnn(C(C)C)c3)cc([C@@H](C)NC(=O)c3cc(OCCN(C)C)ccc3C)c2)cn1. The normalized spacial score (nSPS) is 13.7. The Hall–Kier alpha value is -3.91. The molecule has 1 amide bonds. The summed E-state index contributed by atoms with van der Waals surface area (Å²) < 4.78 is 31.8. The van der Waals surface area contributed by atoms with Gasteiger partial charge < -0.3 is 15.0 Å². The number of benzene rings is 2. The van der Waals surface area contributed by atoms with Gasteiger partial charge in [-0.25, -0.2) is 0 Å². The van der Waals surface area contributed by atoms with E-state index in [-0.39, 0.29) is 18.0 Å². The average molecular weight is 518 g/mol. The first kappa shape index (κ1) is 23.2. The summed E-state index contributed by atoms with van der Waals surface area (Å²) in [4.78, 5) is 15.5. The minimum Gasteiger partial charge on any atom is -0.492 e. The second-order valence-electron chi connectivity index (χ2n) is 10.1. The quantitative estimate of drug-likeness (QED) is 0.310. The first-order chi connectivity index (χ1) is 19.3. The molecule has 8 nitrogen and oxygen atoms in total. The highest BCUT2D eigenvalue weighted by Crippen LogP contribution is 2.31. The number of amides is 1. The molecular weight excluding hydrogens is 476 g/mol. The number of nitrogens with zero attached hydrogens (tertiary/aromatic N) is 5. The van der Waals surface area contributed by atoms with E-state index in [0.717, 1.165) is 39.0 Å². The Kier molecular flexibility index (Phi) is 7.12. The van der Waals surface area contributed by atoms with Crippen molar-refractivity contribution in [1.82, 2.24) is 29.8 Å². The third kappa shape index (κ3) is 6.50. The van der Waals surface area contributed by atoms with Crippen LogP contribution in [0.25, 0.3) is 22.3 Å². The molecule has 0 fully saturated rings. The first-order valence-electron chi connectivity index (χ1n) is 14.3. The minimum atomic E-state index is -2.37. The van der Waals surface area contributed by atoms with E-state index in [1.807, 2.05) is 80.3 Å². The van der Waals surface area contributed by atoms with Gasteiger partial charge in [-0.15, -0.1) is 0 Å². The summed E-state index contributed by atoms with van der Waals surface area (Å²) >= 11 is 0. The van der Waals surface area contributed by atoms with E-state index in [4.69, 9.17) is 8.85 Å². The predicted octanol–water partition coefficient (Wildman–Crippen LogP) is 5.27. The second-order valence-corrected chi connectivity index (χ2v) is 10.1. The molecule has 2 heterocycles. The van der Waals surface area contributed by atoms with Gasteiger partial charge in [-0.1, -0.05) is 6.07 Å².